The minimum Gasteiger partial charge on any atom is -0.397 e. The molecule has 1 aromatic carbocycles. The van der Waals surface area contributed by atoms with Crippen LogP contribution in [-0.4, -0.2) is 15.9 Å². The first kappa shape index (κ1) is 11.3. The monoisotopic (exact) mass is 248 g/mol. The Balaban J connectivity index is 2.16. The Hall–Kier alpha value is -2.14. The molecular formula is C11H9ClN4O. The summed E-state index contributed by atoms with van der Waals surface area (Å²) in [6.45, 7) is 0. The summed E-state index contributed by atoms with van der Waals surface area (Å²) >= 11 is 5.77. The van der Waals surface area contributed by atoms with E-state index in [-0.39, 0.29) is 11.6 Å². The molecular weight excluding hydrogens is 240 g/mol. The molecule has 0 aliphatic rings. The highest BCUT2D eigenvalue weighted by Crippen LogP contribution is 2.22. The number of hydrogen-bond donors (Lipinski definition) is 2. The van der Waals surface area contributed by atoms with E-state index in [2.05, 4.69) is 15.3 Å². The van der Waals surface area contributed by atoms with Crippen LogP contribution < -0.4 is 11.1 Å². The van der Waals surface area contributed by atoms with Crippen molar-refractivity contribution in [2.75, 3.05) is 11.1 Å². The number of nitrogen functional groups attached to an aromatic ring is 1. The zero-order chi connectivity index (χ0) is 12.3. The number of anilines is 2. The van der Waals surface area contributed by atoms with Crippen LogP contribution in [0.25, 0.3) is 0 Å². The molecule has 6 heteroatoms. The van der Waals surface area contributed by atoms with Crippen LogP contribution in [0.1, 0.15) is 10.5 Å². The first-order valence-corrected chi connectivity index (χ1v) is 5.17. The Kier molecular flexibility index (Phi) is 3.20. The number of rotatable bonds is 2. The quantitative estimate of drug-likeness (QED) is 0.796. The van der Waals surface area contributed by atoms with E-state index in [1.54, 1.807) is 18.2 Å². The minimum absolute atomic E-state index is 0.237. The molecule has 0 saturated heterocycles. The first-order valence-electron chi connectivity index (χ1n) is 4.79. The third kappa shape index (κ3) is 2.70. The third-order valence-electron chi connectivity index (χ3n) is 2.05. The second-order valence-electron chi connectivity index (χ2n) is 3.28. The number of nitrogens with two attached hydrogens (primary N) is 1. The van der Waals surface area contributed by atoms with Crippen LogP contribution in [0.4, 0.5) is 11.4 Å². The minimum atomic E-state index is -0.347. The average molecular weight is 249 g/mol. The van der Waals surface area contributed by atoms with Gasteiger partial charge in [-0.2, -0.15) is 0 Å². The Labute approximate surface area is 103 Å². The molecule has 17 heavy (non-hydrogen) atoms. The van der Waals surface area contributed by atoms with Gasteiger partial charge in [0.25, 0.3) is 5.91 Å². The van der Waals surface area contributed by atoms with Crippen LogP contribution in [0.5, 0.6) is 0 Å². The lowest BCUT2D eigenvalue weighted by Gasteiger charge is -2.05. The topological polar surface area (TPSA) is 80.9 Å². The van der Waals surface area contributed by atoms with Crippen molar-refractivity contribution in [2.45, 2.75) is 0 Å². The lowest BCUT2D eigenvalue weighted by Crippen LogP contribution is -2.13. The maximum Gasteiger partial charge on any atom is 0.275 e. The van der Waals surface area contributed by atoms with Crippen molar-refractivity contribution in [3.63, 3.8) is 0 Å². The Bertz CT molecular complexity index is 544. The highest BCUT2D eigenvalue weighted by Gasteiger charge is 2.07. The number of nitrogens with zero attached hydrogens (tertiary/aromatic N) is 2. The van der Waals surface area contributed by atoms with Gasteiger partial charge in [-0.15, -0.1) is 0 Å². The molecule has 0 bridgehead atoms. The average Bonchev–Trinajstić information content (AvgIpc) is 2.35. The molecule has 0 saturated carbocycles. The molecule has 0 atom stereocenters. The van der Waals surface area contributed by atoms with Gasteiger partial charge in [0.15, 0.2) is 0 Å². The van der Waals surface area contributed by atoms with Crippen molar-refractivity contribution in [1.82, 2.24) is 9.97 Å². The molecule has 0 unspecified atom stereocenters. The van der Waals surface area contributed by atoms with Gasteiger partial charge in [-0.05, 0) is 18.2 Å². The van der Waals surface area contributed by atoms with E-state index < -0.39 is 0 Å². The Morgan fingerprint density at radius 3 is 2.82 bits per heavy atom. The standard InChI is InChI=1S/C11H9ClN4O/c12-8-2-1-7(5-9(8)13)16-11(17)10-6-14-3-4-15-10/h1-6H,13H2,(H,16,17). The van der Waals surface area contributed by atoms with Gasteiger partial charge >= 0.3 is 0 Å². The van der Waals surface area contributed by atoms with E-state index in [1.807, 2.05) is 0 Å². The van der Waals surface area contributed by atoms with Crippen LogP contribution in [-0.2, 0) is 0 Å². The Morgan fingerprint density at radius 2 is 2.18 bits per heavy atom. The van der Waals surface area contributed by atoms with Gasteiger partial charge < -0.3 is 11.1 Å². The van der Waals surface area contributed by atoms with E-state index in [9.17, 15) is 4.79 Å². The number of halogens is 1. The van der Waals surface area contributed by atoms with Gasteiger partial charge in [-0.3, -0.25) is 9.78 Å². The van der Waals surface area contributed by atoms with E-state index in [0.29, 0.717) is 16.4 Å². The first-order chi connectivity index (χ1) is 8.16. The molecule has 3 N–H and O–H groups in total. The molecule has 2 aromatic rings. The van der Waals surface area contributed by atoms with Gasteiger partial charge in [-0.1, -0.05) is 11.6 Å². The molecule has 86 valence electrons. The molecule has 0 fully saturated rings. The highest BCUT2D eigenvalue weighted by molar-refractivity contribution is 6.33. The molecule has 1 heterocycles. The van der Waals surface area contributed by atoms with Gasteiger partial charge in [-0.25, -0.2) is 4.98 Å². The molecule has 0 radical (unpaired) electrons. The zero-order valence-electron chi connectivity index (χ0n) is 8.72. The predicted molar refractivity (Wildman–Crippen MR) is 65.8 cm³/mol. The molecule has 1 amide bonds. The highest BCUT2D eigenvalue weighted by atomic mass is 35.5. The number of carbonyl (C=O) groups excluding carboxylic acids is 1. The van der Waals surface area contributed by atoms with Crippen molar-refractivity contribution < 1.29 is 4.79 Å². The van der Waals surface area contributed by atoms with Crippen LogP contribution >= 0.6 is 11.6 Å². The summed E-state index contributed by atoms with van der Waals surface area (Å²) < 4.78 is 0. The maximum atomic E-state index is 11.7. The van der Waals surface area contributed by atoms with E-state index >= 15 is 0 Å². The molecule has 2 rings (SSSR count). The molecule has 0 aliphatic carbocycles. The maximum absolute atomic E-state index is 11.7. The number of amides is 1. The number of hydrogen-bond acceptors (Lipinski definition) is 4. The van der Waals surface area contributed by atoms with E-state index in [0.717, 1.165) is 0 Å². The fourth-order valence-corrected chi connectivity index (χ4v) is 1.35. The van der Waals surface area contributed by atoms with Crippen LogP contribution in [0.3, 0.4) is 0 Å². The smallest absolute Gasteiger partial charge is 0.275 e. The lowest BCUT2D eigenvalue weighted by molar-refractivity contribution is 0.102. The third-order valence-corrected chi connectivity index (χ3v) is 2.39. The number of benzene rings is 1. The van der Waals surface area contributed by atoms with Crippen molar-refractivity contribution >= 4 is 28.9 Å². The van der Waals surface area contributed by atoms with Gasteiger partial charge in [0.1, 0.15) is 5.69 Å². The fourth-order valence-electron chi connectivity index (χ4n) is 1.23. The van der Waals surface area contributed by atoms with Crippen molar-refractivity contribution in [2.24, 2.45) is 0 Å². The second kappa shape index (κ2) is 4.80. The van der Waals surface area contributed by atoms with Crippen molar-refractivity contribution in [3.05, 3.63) is 47.5 Å². The summed E-state index contributed by atoms with van der Waals surface area (Å²) in [5.74, 6) is -0.347. The molecule has 5 nitrogen and oxygen atoms in total. The van der Waals surface area contributed by atoms with E-state index in [4.69, 9.17) is 17.3 Å². The van der Waals surface area contributed by atoms with Crippen LogP contribution in [0.15, 0.2) is 36.8 Å². The van der Waals surface area contributed by atoms with Crippen LogP contribution in [0, 0.1) is 0 Å². The zero-order valence-corrected chi connectivity index (χ0v) is 9.48. The number of carbonyl (C=O) groups is 1. The van der Waals surface area contributed by atoms with Gasteiger partial charge in [0.05, 0.1) is 16.9 Å². The molecule has 1 aromatic heterocycles. The fraction of sp³-hybridized carbons (Fsp3) is 0. The summed E-state index contributed by atoms with van der Waals surface area (Å²) in [5, 5.41) is 3.09. The van der Waals surface area contributed by atoms with Gasteiger partial charge in [0.2, 0.25) is 0 Å². The summed E-state index contributed by atoms with van der Waals surface area (Å²) in [6.07, 6.45) is 4.33. The summed E-state index contributed by atoms with van der Waals surface area (Å²) in [7, 11) is 0. The second-order valence-corrected chi connectivity index (χ2v) is 3.69. The lowest BCUT2D eigenvalue weighted by atomic mass is 10.2. The number of aromatic nitrogens is 2. The SMILES string of the molecule is Nc1cc(NC(=O)c2cnccn2)ccc1Cl. The van der Waals surface area contributed by atoms with Gasteiger partial charge in [0, 0.05) is 18.1 Å². The number of nitrogens with one attached hydrogen (secondary N) is 1. The summed E-state index contributed by atoms with van der Waals surface area (Å²) in [4.78, 5) is 19.4. The van der Waals surface area contributed by atoms with Crippen molar-refractivity contribution in [1.29, 1.82) is 0 Å². The molecule has 0 aliphatic heterocycles. The van der Waals surface area contributed by atoms with Crippen LogP contribution in [0.2, 0.25) is 5.02 Å². The van der Waals surface area contributed by atoms with E-state index in [1.165, 1.54) is 18.6 Å². The normalized spacial score (nSPS) is 9.94. The van der Waals surface area contributed by atoms with Crippen molar-refractivity contribution in [3.8, 4) is 0 Å². The molecule has 0 spiro atoms. The predicted octanol–water partition coefficient (Wildman–Crippen LogP) is 1.96. The Morgan fingerprint density at radius 1 is 1.35 bits per heavy atom. The summed E-state index contributed by atoms with van der Waals surface area (Å²) in [6, 6.07) is 4.85. The largest absolute Gasteiger partial charge is 0.397 e. The summed E-state index contributed by atoms with van der Waals surface area (Å²) in [5.41, 5.74) is 6.82.